The standard InChI is InChI=1S/C29H60NO7P/c1-3-5-6-7-8-9-10-11-12-13-14-15-16-17-18-19-20-21-22-24-34-26-28(37-29(31)4-2)27-36-38(32,33)35-25-23-30/h28H,3-27,30H2,1-2H3,(H,32,33). The van der Waals surface area contributed by atoms with Gasteiger partial charge in [-0.25, -0.2) is 4.57 Å². The molecule has 2 unspecified atom stereocenters. The van der Waals surface area contributed by atoms with E-state index in [1.54, 1.807) is 6.92 Å². The van der Waals surface area contributed by atoms with Crippen molar-refractivity contribution in [2.75, 3.05) is 33.0 Å². The molecule has 8 nitrogen and oxygen atoms in total. The highest BCUT2D eigenvalue weighted by molar-refractivity contribution is 7.47. The van der Waals surface area contributed by atoms with Crippen LogP contribution in [0, 0.1) is 0 Å². The zero-order chi connectivity index (χ0) is 28.2. The van der Waals surface area contributed by atoms with Gasteiger partial charge in [0.15, 0.2) is 0 Å². The molecule has 0 spiro atoms. The number of unbranched alkanes of at least 4 members (excludes halogenated alkanes) is 18. The molecule has 0 heterocycles. The van der Waals surface area contributed by atoms with Gasteiger partial charge in [-0.05, 0) is 6.42 Å². The van der Waals surface area contributed by atoms with Crippen LogP contribution in [0.5, 0.6) is 0 Å². The summed E-state index contributed by atoms with van der Waals surface area (Å²) in [4.78, 5) is 21.2. The highest BCUT2D eigenvalue weighted by atomic mass is 31.2. The van der Waals surface area contributed by atoms with Crippen LogP contribution in [0.2, 0.25) is 0 Å². The van der Waals surface area contributed by atoms with Gasteiger partial charge in [0.25, 0.3) is 0 Å². The Morgan fingerprint density at radius 3 is 1.55 bits per heavy atom. The lowest BCUT2D eigenvalue weighted by molar-refractivity contribution is -0.154. The Labute approximate surface area is 233 Å². The van der Waals surface area contributed by atoms with E-state index in [-0.39, 0.29) is 32.8 Å². The van der Waals surface area contributed by atoms with Crippen molar-refractivity contribution >= 4 is 13.8 Å². The number of ether oxygens (including phenoxy) is 2. The summed E-state index contributed by atoms with van der Waals surface area (Å²) in [6, 6.07) is 0. The van der Waals surface area contributed by atoms with E-state index in [1.807, 2.05) is 0 Å². The van der Waals surface area contributed by atoms with E-state index in [2.05, 4.69) is 6.92 Å². The van der Waals surface area contributed by atoms with E-state index in [1.165, 1.54) is 109 Å². The van der Waals surface area contributed by atoms with E-state index >= 15 is 0 Å². The number of carbonyl (C=O) groups is 1. The largest absolute Gasteiger partial charge is 0.472 e. The Morgan fingerprint density at radius 1 is 0.684 bits per heavy atom. The third kappa shape index (κ3) is 27.1. The maximum absolute atomic E-state index is 11.8. The summed E-state index contributed by atoms with van der Waals surface area (Å²) in [6.45, 7) is 4.36. The molecular weight excluding hydrogens is 505 g/mol. The quantitative estimate of drug-likeness (QED) is 0.0514. The number of hydrogen-bond acceptors (Lipinski definition) is 7. The highest BCUT2D eigenvalue weighted by Gasteiger charge is 2.24. The number of carbonyl (C=O) groups excluding carboxylic acids is 1. The molecule has 0 bridgehead atoms. The number of phosphoric ester groups is 1. The molecule has 0 aliphatic carbocycles. The topological polar surface area (TPSA) is 117 Å². The Kier molecular flexibility index (Phi) is 27.7. The van der Waals surface area contributed by atoms with Crippen LogP contribution in [0.15, 0.2) is 0 Å². The minimum absolute atomic E-state index is 0.0942. The molecule has 228 valence electrons. The first-order chi connectivity index (χ1) is 18.4. The molecule has 0 radical (unpaired) electrons. The van der Waals surface area contributed by atoms with Crippen molar-refractivity contribution in [3.05, 3.63) is 0 Å². The lowest BCUT2D eigenvalue weighted by Crippen LogP contribution is -2.28. The van der Waals surface area contributed by atoms with Gasteiger partial charge in [0.05, 0.1) is 19.8 Å². The van der Waals surface area contributed by atoms with Crippen LogP contribution in [0.1, 0.15) is 142 Å². The number of phosphoric acid groups is 1. The van der Waals surface area contributed by atoms with Crippen molar-refractivity contribution in [2.24, 2.45) is 5.73 Å². The molecule has 0 rings (SSSR count). The third-order valence-electron chi connectivity index (χ3n) is 6.58. The maximum Gasteiger partial charge on any atom is 0.472 e. The van der Waals surface area contributed by atoms with Crippen LogP contribution in [-0.2, 0) is 27.9 Å². The molecule has 2 atom stereocenters. The second-order valence-corrected chi connectivity index (χ2v) is 11.7. The SMILES string of the molecule is CCCCCCCCCCCCCCCCCCCCCOCC(COP(=O)(O)OCCN)OC(=O)CC. The molecule has 0 fully saturated rings. The highest BCUT2D eigenvalue weighted by Crippen LogP contribution is 2.43. The summed E-state index contributed by atoms with van der Waals surface area (Å²) in [5.41, 5.74) is 5.26. The normalized spacial score (nSPS) is 13.9. The smallest absolute Gasteiger partial charge is 0.457 e. The Morgan fingerprint density at radius 2 is 1.13 bits per heavy atom. The zero-order valence-electron chi connectivity index (χ0n) is 24.7. The molecule has 38 heavy (non-hydrogen) atoms. The van der Waals surface area contributed by atoms with Gasteiger partial charge in [-0.1, -0.05) is 129 Å². The summed E-state index contributed by atoms with van der Waals surface area (Å²) in [7, 11) is -4.22. The Hall–Kier alpha value is -0.500. The Balaban J connectivity index is 3.57. The van der Waals surface area contributed by atoms with Crippen LogP contribution in [0.4, 0.5) is 0 Å². The number of nitrogens with two attached hydrogens (primary N) is 1. The average molecular weight is 566 g/mol. The molecule has 0 amide bonds. The van der Waals surface area contributed by atoms with E-state index in [0.29, 0.717) is 6.61 Å². The van der Waals surface area contributed by atoms with Gasteiger partial charge >= 0.3 is 13.8 Å². The summed E-state index contributed by atoms with van der Waals surface area (Å²) in [5, 5.41) is 0. The molecule has 0 aliphatic heterocycles. The summed E-state index contributed by atoms with van der Waals surface area (Å²) < 4.78 is 32.3. The molecule has 0 saturated carbocycles. The molecule has 0 aromatic heterocycles. The number of hydrogen-bond donors (Lipinski definition) is 2. The maximum atomic E-state index is 11.8. The predicted octanol–water partition coefficient (Wildman–Crippen LogP) is 7.85. The monoisotopic (exact) mass is 565 g/mol. The molecule has 0 aromatic rings. The van der Waals surface area contributed by atoms with E-state index < -0.39 is 19.9 Å². The predicted molar refractivity (Wildman–Crippen MR) is 155 cm³/mol. The van der Waals surface area contributed by atoms with Crippen molar-refractivity contribution in [1.82, 2.24) is 0 Å². The molecule has 0 aliphatic rings. The molecule has 0 saturated heterocycles. The van der Waals surface area contributed by atoms with Gasteiger partial charge in [0.1, 0.15) is 6.10 Å². The van der Waals surface area contributed by atoms with Crippen molar-refractivity contribution in [1.29, 1.82) is 0 Å². The number of rotatable bonds is 30. The fraction of sp³-hybridized carbons (Fsp3) is 0.966. The molecular formula is C29H60NO7P. The minimum Gasteiger partial charge on any atom is -0.457 e. The van der Waals surface area contributed by atoms with Crippen LogP contribution >= 0.6 is 7.82 Å². The second kappa shape index (κ2) is 28.0. The van der Waals surface area contributed by atoms with Crippen molar-refractivity contribution in [2.45, 2.75) is 148 Å². The van der Waals surface area contributed by atoms with Gasteiger partial charge in [0.2, 0.25) is 0 Å². The van der Waals surface area contributed by atoms with Gasteiger partial charge in [-0.3, -0.25) is 13.8 Å². The van der Waals surface area contributed by atoms with Crippen molar-refractivity contribution in [3.8, 4) is 0 Å². The van der Waals surface area contributed by atoms with Crippen molar-refractivity contribution < 1.29 is 32.8 Å². The van der Waals surface area contributed by atoms with Crippen LogP contribution < -0.4 is 5.73 Å². The Bertz CT molecular complexity index is 565. The van der Waals surface area contributed by atoms with Gasteiger partial charge in [0, 0.05) is 19.6 Å². The van der Waals surface area contributed by atoms with E-state index in [0.717, 1.165) is 12.8 Å². The zero-order valence-corrected chi connectivity index (χ0v) is 25.6. The minimum atomic E-state index is -4.22. The number of esters is 1. The first kappa shape index (κ1) is 37.5. The van der Waals surface area contributed by atoms with E-state index in [4.69, 9.17) is 24.3 Å². The molecule has 3 N–H and O–H groups in total. The first-order valence-electron chi connectivity index (χ1n) is 15.5. The van der Waals surface area contributed by atoms with Crippen molar-refractivity contribution in [3.63, 3.8) is 0 Å². The van der Waals surface area contributed by atoms with Gasteiger partial charge in [-0.2, -0.15) is 0 Å². The third-order valence-corrected chi connectivity index (χ3v) is 7.56. The fourth-order valence-electron chi connectivity index (χ4n) is 4.27. The lowest BCUT2D eigenvalue weighted by atomic mass is 10.0. The molecule has 0 aromatic carbocycles. The van der Waals surface area contributed by atoms with Gasteiger partial charge < -0.3 is 20.1 Å². The molecule has 9 heteroatoms. The first-order valence-corrected chi connectivity index (χ1v) is 17.0. The summed E-state index contributed by atoms with van der Waals surface area (Å²) >= 11 is 0. The van der Waals surface area contributed by atoms with Crippen LogP contribution in [0.3, 0.4) is 0 Å². The second-order valence-electron chi connectivity index (χ2n) is 10.3. The van der Waals surface area contributed by atoms with Gasteiger partial charge in [-0.15, -0.1) is 0 Å². The van der Waals surface area contributed by atoms with E-state index in [9.17, 15) is 14.3 Å². The van der Waals surface area contributed by atoms with Crippen LogP contribution in [0.25, 0.3) is 0 Å². The van der Waals surface area contributed by atoms with Crippen LogP contribution in [-0.4, -0.2) is 49.9 Å². The summed E-state index contributed by atoms with van der Waals surface area (Å²) in [5.74, 6) is -0.415. The fourth-order valence-corrected chi connectivity index (χ4v) is 5.03. The average Bonchev–Trinajstić information content (AvgIpc) is 2.91. The lowest BCUT2D eigenvalue weighted by Gasteiger charge is -2.19. The summed E-state index contributed by atoms with van der Waals surface area (Å²) in [6.07, 6.45) is 24.8.